The molecule has 3 aliphatic rings. The van der Waals surface area contributed by atoms with E-state index in [4.69, 9.17) is 4.42 Å². The summed E-state index contributed by atoms with van der Waals surface area (Å²) in [7, 11) is 0. The lowest BCUT2D eigenvalue weighted by molar-refractivity contribution is 0.0479. The second kappa shape index (κ2) is 6.61. The maximum atomic E-state index is 5.89. The Kier molecular flexibility index (Phi) is 4.14. The predicted octanol–water partition coefficient (Wildman–Crippen LogP) is 2.97. The summed E-state index contributed by atoms with van der Waals surface area (Å²) in [5, 5.41) is 0. The van der Waals surface area contributed by atoms with Crippen molar-refractivity contribution in [3.63, 3.8) is 0 Å². The van der Waals surface area contributed by atoms with Gasteiger partial charge in [0, 0.05) is 51.4 Å². The minimum atomic E-state index is 0.670. The zero-order chi connectivity index (χ0) is 16.6. The molecule has 25 heavy (non-hydrogen) atoms. The average Bonchev–Trinajstić information content (AvgIpc) is 3.05. The first-order valence-electron chi connectivity index (χ1n) is 9.95. The van der Waals surface area contributed by atoms with Crippen LogP contribution in [0, 0.1) is 0 Å². The molecule has 134 valence electrons. The van der Waals surface area contributed by atoms with E-state index >= 15 is 0 Å². The summed E-state index contributed by atoms with van der Waals surface area (Å²) >= 11 is 0. The molecule has 0 bridgehead atoms. The Morgan fingerprint density at radius 2 is 1.52 bits per heavy atom. The van der Waals surface area contributed by atoms with Gasteiger partial charge in [-0.2, -0.15) is 4.98 Å². The monoisotopic (exact) mass is 340 g/mol. The van der Waals surface area contributed by atoms with E-state index in [0.717, 1.165) is 36.2 Å². The SMILES string of the molecule is c1ccc2oc(N3CC(N4CCN(C5CCCCC5)CC4)C3)nc2c1. The molecule has 5 nitrogen and oxygen atoms in total. The fourth-order valence-electron chi connectivity index (χ4n) is 4.75. The molecule has 0 amide bonds. The third kappa shape index (κ3) is 3.04. The normalized spacial score (nSPS) is 24.7. The summed E-state index contributed by atoms with van der Waals surface area (Å²) in [5.74, 6) is 0. The van der Waals surface area contributed by atoms with E-state index in [1.807, 2.05) is 24.3 Å². The fourth-order valence-corrected chi connectivity index (χ4v) is 4.75. The van der Waals surface area contributed by atoms with Crippen LogP contribution in [0.4, 0.5) is 6.01 Å². The molecule has 1 saturated carbocycles. The summed E-state index contributed by atoms with van der Waals surface area (Å²) in [4.78, 5) is 12.3. The van der Waals surface area contributed by atoms with Gasteiger partial charge in [-0.25, -0.2) is 0 Å². The molecule has 2 aliphatic heterocycles. The molecule has 2 saturated heterocycles. The fraction of sp³-hybridized carbons (Fsp3) is 0.650. The number of rotatable bonds is 3. The first kappa shape index (κ1) is 15.6. The molecule has 0 radical (unpaired) electrons. The Labute approximate surface area is 149 Å². The van der Waals surface area contributed by atoms with Crippen molar-refractivity contribution in [1.29, 1.82) is 0 Å². The molecular formula is C20H28N4O. The van der Waals surface area contributed by atoms with Gasteiger partial charge in [0.05, 0.1) is 0 Å². The zero-order valence-electron chi connectivity index (χ0n) is 14.9. The molecular weight excluding hydrogens is 312 g/mol. The van der Waals surface area contributed by atoms with E-state index in [-0.39, 0.29) is 0 Å². The van der Waals surface area contributed by atoms with Gasteiger partial charge in [-0.05, 0) is 25.0 Å². The lowest BCUT2D eigenvalue weighted by Crippen LogP contribution is -2.64. The number of fused-ring (bicyclic) bond motifs is 1. The summed E-state index contributed by atoms with van der Waals surface area (Å²) in [6, 6.07) is 10.4. The highest BCUT2D eigenvalue weighted by molar-refractivity contribution is 5.74. The Morgan fingerprint density at radius 3 is 2.24 bits per heavy atom. The highest BCUT2D eigenvalue weighted by atomic mass is 16.4. The van der Waals surface area contributed by atoms with E-state index in [1.54, 1.807) is 0 Å². The highest BCUT2D eigenvalue weighted by Crippen LogP contribution is 2.28. The maximum Gasteiger partial charge on any atom is 0.298 e. The number of para-hydroxylation sites is 2. The average molecular weight is 340 g/mol. The smallest absolute Gasteiger partial charge is 0.298 e. The minimum Gasteiger partial charge on any atom is -0.423 e. The first-order valence-corrected chi connectivity index (χ1v) is 9.95. The van der Waals surface area contributed by atoms with Crippen molar-refractivity contribution in [2.45, 2.75) is 44.2 Å². The standard InChI is InChI=1S/C20H28N4O/c1-2-6-16(7-3-1)22-10-12-23(13-11-22)17-14-24(15-17)20-21-18-8-4-5-9-19(18)25-20/h4-5,8-9,16-17H,1-3,6-7,10-15H2. The van der Waals surface area contributed by atoms with Crippen LogP contribution < -0.4 is 4.90 Å². The van der Waals surface area contributed by atoms with Crippen molar-refractivity contribution in [3.05, 3.63) is 24.3 Å². The number of piperazine rings is 1. The second-order valence-electron chi connectivity index (χ2n) is 7.89. The van der Waals surface area contributed by atoms with E-state index in [1.165, 1.54) is 58.3 Å². The number of aromatic nitrogens is 1. The zero-order valence-corrected chi connectivity index (χ0v) is 14.9. The van der Waals surface area contributed by atoms with Gasteiger partial charge in [0.1, 0.15) is 5.52 Å². The first-order chi connectivity index (χ1) is 12.4. The number of benzene rings is 1. The van der Waals surface area contributed by atoms with Crippen molar-refractivity contribution in [2.24, 2.45) is 0 Å². The highest BCUT2D eigenvalue weighted by Gasteiger charge is 2.36. The summed E-state index contributed by atoms with van der Waals surface area (Å²) in [5.41, 5.74) is 1.85. The lowest BCUT2D eigenvalue weighted by atomic mass is 9.93. The van der Waals surface area contributed by atoms with Gasteiger partial charge < -0.3 is 9.32 Å². The molecule has 1 aromatic heterocycles. The van der Waals surface area contributed by atoms with Crippen molar-refractivity contribution in [3.8, 4) is 0 Å². The van der Waals surface area contributed by atoms with Crippen LogP contribution in [0.15, 0.2) is 28.7 Å². The number of hydrogen-bond donors (Lipinski definition) is 0. The number of oxazole rings is 1. The van der Waals surface area contributed by atoms with Gasteiger partial charge in [0.15, 0.2) is 5.58 Å². The Bertz CT molecular complexity index is 676. The molecule has 1 aliphatic carbocycles. The number of hydrogen-bond acceptors (Lipinski definition) is 5. The van der Waals surface area contributed by atoms with Crippen LogP contribution in [0.1, 0.15) is 32.1 Å². The van der Waals surface area contributed by atoms with E-state index < -0.39 is 0 Å². The molecule has 3 fully saturated rings. The summed E-state index contributed by atoms with van der Waals surface area (Å²) in [6.07, 6.45) is 7.17. The van der Waals surface area contributed by atoms with Crippen molar-refractivity contribution >= 4 is 17.1 Å². The van der Waals surface area contributed by atoms with Gasteiger partial charge >= 0.3 is 0 Å². The molecule has 2 aromatic rings. The molecule has 5 heteroatoms. The van der Waals surface area contributed by atoms with Crippen LogP contribution in [-0.4, -0.2) is 66.1 Å². The molecule has 0 atom stereocenters. The van der Waals surface area contributed by atoms with E-state index in [2.05, 4.69) is 19.7 Å². The topological polar surface area (TPSA) is 35.8 Å². The molecule has 0 N–H and O–H groups in total. The van der Waals surface area contributed by atoms with E-state index in [9.17, 15) is 0 Å². The number of nitrogens with zero attached hydrogens (tertiary/aromatic N) is 4. The molecule has 3 heterocycles. The van der Waals surface area contributed by atoms with Crippen LogP contribution in [0.2, 0.25) is 0 Å². The molecule has 1 aromatic carbocycles. The van der Waals surface area contributed by atoms with Crippen molar-refractivity contribution in [1.82, 2.24) is 14.8 Å². The quantitative estimate of drug-likeness (QED) is 0.858. The summed E-state index contributed by atoms with van der Waals surface area (Å²) in [6.45, 7) is 7.06. The minimum absolute atomic E-state index is 0.670. The molecule has 0 unspecified atom stereocenters. The van der Waals surface area contributed by atoms with Crippen LogP contribution in [0.3, 0.4) is 0 Å². The van der Waals surface area contributed by atoms with Gasteiger partial charge in [-0.1, -0.05) is 31.4 Å². The third-order valence-corrected chi connectivity index (χ3v) is 6.37. The van der Waals surface area contributed by atoms with Gasteiger partial charge in [0.2, 0.25) is 0 Å². The van der Waals surface area contributed by atoms with Gasteiger partial charge in [-0.15, -0.1) is 0 Å². The van der Waals surface area contributed by atoms with Gasteiger partial charge in [0.25, 0.3) is 6.01 Å². The van der Waals surface area contributed by atoms with Gasteiger partial charge in [-0.3, -0.25) is 9.80 Å². The van der Waals surface area contributed by atoms with Crippen molar-refractivity contribution < 1.29 is 4.42 Å². The van der Waals surface area contributed by atoms with Crippen LogP contribution >= 0.6 is 0 Å². The largest absolute Gasteiger partial charge is 0.423 e. The van der Waals surface area contributed by atoms with Crippen LogP contribution in [0.5, 0.6) is 0 Å². The number of anilines is 1. The van der Waals surface area contributed by atoms with Crippen LogP contribution in [0.25, 0.3) is 11.1 Å². The second-order valence-corrected chi connectivity index (χ2v) is 7.89. The Hall–Kier alpha value is -1.59. The van der Waals surface area contributed by atoms with Crippen LogP contribution in [-0.2, 0) is 0 Å². The lowest BCUT2D eigenvalue weighted by Gasteiger charge is -2.49. The third-order valence-electron chi connectivity index (χ3n) is 6.37. The summed E-state index contributed by atoms with van der Waals surface area (Å²) < 4.78 is 5.89. The molecule has 5 rings (SSSR count). The Balaban J connectivity index is 1.14. The van der Waals surface area contributed by atoms with E-state index in [0.29, 0.717) is 6.04 Å². The van der Waals surface area contributed by atoms with Crippen molar-refractivity contribution in [2.75, 3.05) is 44.2 Å². The predicted molar refractivity (Wildman–Crippen MR) is 100 cm³/mol. The maximum absolute atomic E-state index is 5.89. The Morgan fingerprint density at radius 1 is 0.840 bits per heavy atom. The molecule has 0 spiro atoms.